The quantitative estimate of drug-likeness (QED) is 0.698. The van der Waals surface area contributed by atoms with E-state index in [1.807, 2.05) is 49.4 Å². The molecular weight excluding hydrogens is 318 g/mol. The molecule has 0 saturated carbocycles. The average Bonchev–Trinajstić information content (AvgIpc) is 3.01. The molecule has 3 aromatic rings. The van der Waals surface area contributed by atoms with Crippen LogP contribution < -0.4 is 5.32 Å². The molecule has 0 unspecified atom stereocenters. The SMILES string of the molecule is Cc1ccccc1CSCC(=O)N[C@H](C)c1cc2ccccc2o1. The second-order valence-electron chi connectivity index (χ2n) is 5.90. The van der Waals surface area contributed by atoms with Crippen molar-refractivity contribution in [3.8, 4) is 0 Å². The largest absolute Gasteiger partial charge is 0.459 e. The first-order chi connectivity index (χ1) is 11.6. The van der Waals surface area contributed by atoms with Crippen LogP contribution in [0.3, 0.4) is 0 Å². The van der Waals surface area contributed by atoms with Gasteiger partial charge in [-0.3, -0.25) is 4.79 Å². The summed E-state index contributed by atoms with van der Waals surface area (Å²) in [4.78, 5) is 12.1. The monoisotopic (exact) mass is 339 g/mol. The summed E-state index contributed by atoms with van der Waals surface area (Å²) in [6.07, 6.45) is 0. The van der Waals surface area contributed by atoms with Gasteiger partial charge in [-0.25, -0.2) is 0 Å². The fourth-order valence-corrected chi connectivity index (χ4v) is 3.51. The van der Waals surface area contributed by atoms with E-state index in [9.17, 15) is 4.79 Å². The second-order valence-corrected chi connectivity index (χ2v) is 6.88. The van der Waals surface area contributed by atoms with E-state index in [1.165, 1.54) is 11.1 Å². The van der Waals surface area contributed by atoms with E-state index < -0.39 is 0 Å². The van der Waals surface area contributed by atoms with Gasteiger partial charge in [-0.2, -0.15) is 0 Å². The number of aryl methyl sites for hydroxylation is 1. The van der Waals surface area contributed by atoms with Crippen LogP contribution in [0.5, 0.6) is 0 Å². The van der Waals surface area contributed by atoms with Gasteiger partial charge in [0.25, 0.3) is 0 Å². The van der Waals surface area contributed by atoms with Gasteiger partial charge in [-0.05, 0) is 37.1 Å². The zero-order chi connectivity index (χ0) is 16.9. The molecule has 0 saturated heterocycles. The molecule has 0 spiro atoms. The third-order valence-electron chi connectivity index (χ3n) is 4.00. The summed E-state index contributed by atoms with van der Waals surface area (Å²) >= 11 is 1.63. The number of amides is 1. The smallest absolute Gasteiger partial charge is 0.230 e. The number of nitrogens with one attached hydrogen (secondary N) is 1. The van der Waals surface area contributed by atoms with Gasteiger partial charge in [0.1, 0.15) is 11.3 Å². The van der Waals surface area contributed by atoms with Crippen molar-refractivity contribution in [2.24, 2.45) is 0 Å². The number of thioether (sulfide) groups is 1. The molecule has 1 atom stereocenters. The predicted octanol–water partition coefficient (Wildman–Crippen LogP) is 4.85. The van der Waals surface area contributed by atoms with E-state index in [0.29, 0.717) is 5.75 Å². The molecule has 0 bridgehead atoms. The van der Waals surface area contributed by atoms with Gasteiger partial charge in [0.2, 0.25) is 5.91 Å². The molecule has 4 heteroatoms. The highest BCUT2D eigenvalue weighted by Gasteiger charge is 2.14. The Labute approximate surface area is 146 Å². The lowest BCUT2D eigenvalue weighted by molar-refractivity contribution is -0.119. The van der Waals surface area contributed by atoms with Crippen LogP contribution in [0.4, 0.5) is 0 Å². The maximum absolute atomic E-state index is 12.1. The first-order valence-corrected chi connectivity index (χ1v) is 9.19. The third-order valence-corrected chi connectivity index (χ3v) is 4.98. The van der Waals surface area contributed by atoms with Crippen LogP contribution in [0.25, 0.3) is 11.0 Å². The average molecular weight is 339 g/mol. The van der Waals surface area contributed by atoms with Crippen molar-refractivity contribution in [1.29, 1.82) is 0 Å². The topological polar surface area (TPSA) is 42.2 Å². The van der Waals surface area contributed by atoms with Crippen molar-refractivity contribution in [1.82, 2.24) is 5.32 Å². The van der Waals surface area contributed by atoms with Gasteiger partial charge >= 0.3 is 0 Å². The van der Waals surface area contributed by atoms with Gasteiger partial charge in [0.15, 0.2) is 0 Å². The van der Waals surface area contributed by atoms with Gasteiger partial charge in [0, 0.05) is 11.1 Å². The molecule has 1 N–H and O–H groups in total. The number of benzene rings is 2. The van der Waals surface area contributed by atoms with E-state index >= 15 is 0 Å². The lowest BCUT2D eigenvalue weighted by Crippen LogP contribution is -2.28. The van der Waals surface area contributed by atoms with Crippen molar-refractivity contribution in [2.45, 2.75) is 25.6 Å². The Balaban J connectivity index is 1.51. The van der Waals surface area contributed by atoms with E-state index in [1.54, 1.807) is 11.8 Å². The fraction of sp³-hybridized carbons (Fsp3) is 0.250. The van der Waals surface area contributed by atoms with Crippen LogP contribution in [0, 0.1) is 6.92 Å². The fourth-order valence-electron chi connectivity index (χ4n) is 2.60. The Morgan fingerprint density at radius 2 is 1.92 bits per heavy atom. The van der Waals surface area contributed by atoms with E-state index in [2.05, 4.69) is 24.4 Å². The number of fused-ring (bicyclic) bond motifs is 1. The molecule has 0 aliphatic rings. The highest BCUT2D eigenvalue weighted by Crippen LogP contribution is 2.23. The number of para-hydroxylation sites is 1. The maximum atomic E-state index is 12.1. The molecule has 3 rings (SSSR count). The van der Waals surface area contributed by atoms with E-state index in [4.69, 9.17) is 4.42 Å². The summed E-state index contributed by atoms with van der Waals surface area (Å²) in [6, 6.07) is 18.0. The Hall–Kier alpha value is -2.20. The summed E-state index contributed by atoms with van der Waals surface area (Å²) < 4.78 is 5.80. The normalized spacial score (nSPS) is 12.2. The van der Waals surface area contributed by atoms with Crippen LogP contribution in [0.2, 0.25) is 0 Å². The van der Waals surface area contributed by atoms with Crippen LogP contribution in [-0.2, 0) is 10.5 Å². The molecule has 1 aromatic heterocycles. The second kappa shape index (κ2) is 7.58. The summed E-state index contributed by atoms with van der Waals surface area (Å²) in [6.45, 7) is 4.04. The lowest BCUT2D eigenvalue weighted by Gasteiger charge is -2.11. The minimum atomic E-state index is -0.135. The molecule has 0 fully saturated rings. The predicted molar refractivity (Wildman–Crippen MR) is 100 cm³/mol. The molecule has 124 valence electrons. The number of rotatable bonds is 6. The molecule has 1 amide bonds. The number of carbonyl (C=O) groups is 1. The van der Waals surface area contributed by atoms with Gasteiger partial charge < -0.3 is 9.73 Å². The van der Waals surface area contributed by atoms with Crippen molar-refractivity contribution in [3.63, 3.8) is 0 Å². The summed E-state index contributed by atoms with van der Waals surface area (Å²) in [5.41, 5.74) is 3.39. The summed E-state index contributed by atoms with van der Waals surface area (Å²) in [7, 11) is 0. The van der Waals surface area contributed by atoms with Gasteiger partial charge in [-0.15, -0.1) is 11.8 Å². The minimum absolute atomic E-state index is 0.0292. The van der Waals surface area contributed by atoms with Gasteiger partial charge in [-0.1, -0.05) is 42.5 Å². The molecule has 24 heavy (non-hydrogen) atoms. The van der Waals surface area contributed by atoms with Crippen molar-refractivity contribution in [3.05, 3.63) is 71.5 Å². The lowest BCUT2D eigenvalue weighted by atomic mass is 10.1. The van der Waals surface area contributed by atoms with Crippen LogP contribution in [-0.4, -0.2) is 11.7 Å². The molecule has 0 aliphatic carbocycles. The van der Waals surface area contributed by atoms with E-state index in [0.717, 1.165) is 22.5 Å². The first-order valence-electron chi connectivity index (χ1n) is 8.03. The van der Waals surface area contributed by atoms with Crippen molar-refractivity contribution in [2.75, 3.05) is 5.75 Å². The highest BCUT2D eigenvalue weighted by atomic mass is 32.2. The van der Waals surface area contributed by atoms with Crippen LogP contribution in [0.15, 0.2) is 59.0 Å². The zero-order valence-electron chi connectivity index (χ0n) is 13.9. The molecule has 2 aromatic carbocycles. The standard InChI is InChI=1S/C20H21NO2S/c1-14-7-3-4-9-17(14)12-24-13-20(22)21-15(2)19-11-16-8-5-6-10-18(16)23-19/h3-11,15H,12-13H2,1-2H3,(H,21,22)/t15-/m1/s1. The molecule has 3 nitrogen and oxygen atoms in total. The first kappa shape index (κ1) is 16.7. The highest BCUT2D eigenvalue weighted by molar-refractivity contribution is 7.99. The van der Waals surface area contributed by atoms with Crippen molar-refractivity contribution >= 4 is 28.6 Å². The molecule has 1 heterocycles. The minimum Gasteiger partial charge on any atom is -0.459 e. The van der Waals surface area contributed by atoms with Crippen LogP contribution >= 0.6 is 11.8 Å². The third kappa shape index (κ3) is 4.01. The van der Waals surface area contributed by atoms with Crippen LogP contribution in [0.1, 0.15) is 29.9 Å². The Morgan fingerprint density at radius 3 is 2.71 bits per heavy atom. The van der Waals surface area contributed by atoms with E-state index in [-0.39, 0.29) is 11.9 Å². The van der Waals surface area contributed by atoms with Gasteiger partial charge in [0.05, 0.1) is 11.8 Å². The maximum Gasteiger partial charge on any atom is 0.230 e. The number of carbonyl (C=O) groups excluding carboxylic acids is 1. The molecule has 0 aliphatic heterocycles. The summed E-state index contributed by atoms with van der Waals surface area (Å²) in [5.74, 6) is 2.10. The zero-order valence-corrected chi connectivity index (χ0v) is 14.7. The Bertz CT molecular complexity index is 807. The molecular formula is C20H21NO2S. The summed E-state index contributed by atoms with van der Waals surface area (Å²) in [5, 5.41) is 4.06. The molecule has 0 radical (unpaired) electrons. The number of hydrogen-bond acceptors (Lipinski definition) is 3. The Morgan fingerprint density at radius 1 is 1.17 bits per heavy atom. The number of furan rings is 1. The number of hydrogen-bond donors (Lipinski definition) is 1. The van der Waals surface area contributed by atoms with Crippen molar-refractivity contribution < 1.29 is 9.21 Å². The Kier molecular flexibility index (Phi) is 5.26.